The molecule has 0 aromatic carbocycles. The van der Waals surface area contributed by atoms with Crippen LogP contribution in [0.1, 0.15) is 26.3 Å². The average molecular weight is 316 g/mol. The Hall–Kier alpha value is -0.193. The molecule has 4 heteroatoms. The average Bonchev–Trinajstić information content (AvgIpc) is 2.19. The molecule has 96 valence electrons. The fourth-order valence-electron chi connectivity index (χ4n) is 1.19. The zero-order chi connectivity index (χ0) is 13.1. The van der Waals surface area contributed by atoms with Crippen LogP contribution in [0.2, 0.25) is 18.1 Å². The maximum atomic E-state index is 6.13. The zero-order valence-electron chi connectivity index (χ0n) is 11.4. The summed E-state index contributed by atoms with van der Waals surface area (Å²) in [5.41, 5.74) is 1.23. The fourth-order valence-corrected chi connectivity index (χ4v) is 2.47. The minimum absolute atomic E-state index is 0.283. The van der Waals surface area contributed by atoms with E-state index in [4.69, 9.17) is 4.43 Å². The van der Waals surface area contributed by atoms with E-state index in [0.717, 1.165) is 17.6 Å². The van der Waals surface area contributed by atoms with Gasteiger partial charge in [0.05, 0.1) is 0 Å². The highest BCUT2D eigenvalue weighted by Crippen LogP contribution is 2.36. The van der Waals surface area contributed by atoms with E-state index in [1.165, 1.54) is 5.56 Å². The summed E-state index contributed by atoms with van der Waals surface area (Å²) in [6.45, 7) is 12.2. The molecule has 0 aliphatic carbocycles. The molecular formula is C13H22BrNOSi. The van der Waals surface area contributed by atoms with Crippen LogP contribution >= 0.6 is 15.9 Å². The number of aromatic nitrogens is 1. The van der Waals surface area contributed by atoms with Gasteiger partial charge in [-0.2, -0.15) is 0 Å². The van der Waals surface area contributed by atoms with Gasteiger partial charge in [0.2, 0.25) is 0 Å². The summed E-state index contributed by atoms with van der Waals surface area (Å²) in [7, 11) is -1.60. The van der Waals surface area contributed by atoms with Crippen LogP contribution in [0.5, 0.6) is 0 Å². The van der Waals surface area contributed by atoms with Gasteiger partial charge in [-0.15, -0.1) is 0 Å². The normalized spacial score (nSPS) is 12.8. The zero-order valence-corrected chi connectivity index (χ0v) is 14.0. The van der Waals surface area contributed by atoms with Crippen molar-refractivity contribution in [1.82, 2.24) is 4.98 Å². The molecule has 0 N–H and O–H groups in total. The van der Waals surface area contributed by atoms with Gasteiger partial charge >= 0.3 is 0 Å². The Morgan fingerprint density at radius 1 is 1.29 bits per heavy atom. The standard InChI is InChI=1S/C13H22BrNOSi/c1-13(2,3)17(4,5)16-9-8-11-6-7-12(14)15-10-11/h6-7,10H,8-9H2,1-5H3. The highest BCUT2D eigenvalue weighted by atomic mass is 79.9. The molecule has 0 saturated heterocycles. The molecule has 0 bridgehead atoms. The number of hydrogen-bond donors (Lipinski definition) is 0. The molecule has 0 aliphatic rings. The maximum absolute atomic E-state index is 6.13. The van der Waals surface area contributed by atoms with Gasteiger partial charge in [-0.25, -0.2) is 4.98 Å². The van der Waals surface area contributed by atoms with Gasteiger partial charge in [0.25, 0.3) is 0 Å². The van der Waals surface area contributed by atoms with Gasteiger partial charge in [0.1, 0.15) is 4.60 Å². The van der Waals surface area contributed by atoms with Crippen molar-refractivity contribution in [3.63, 3.8) is 0 Å². The van der Waals surface area contributed by atoms with Crippen LogP contribution in [-0.4, -0.2) is 19.9 Å². The quantitative estimate of drug-likeness (QED) is 0.606. The molecule has 1 aromatic rings. The molecule has 1 aromatic heterocycles. The third-order valence-electron chi connectivity index (χ3n) is 3.45. The van der Waals surface area contributed by atoms with Crippen LogP contribution < -0.4 is 0 Å². The topological polar surface area (TPSA) is 22.1 Å². The Kier molecular flexibility index (Phi) is 4.92. The lowest BCUT2D eigenvalue weighted by molar-refractivity contribution is 0.292. The molecule has 2 nitrogen and oxygen atoms in total. The largest absolute Gasteiger partial charge is 0.416 e. The lowest BCUT2D eigenvalue weighted by Gasteiger charge is -2.36. The second-order valence-electron chi connectivity index (χ2n) is 5.85. The first-order chi connectivity index (χ1) is 7.72. The highest BCUT2D eigenvalue weighted by molar-refractivity contribution is 9.10. The van der Waals surface area contributed by atoms with Crippen LogP contribution in [0, 0.1) is 0 Å². The number of hydrogen-bond acceptors (Lipinski definition) is 2. The molecule has 0 amide bonds. The summed E-state index contributed by atoms with van der Waals surface area (Å²) >= 11 is 3.34. The van der Waals surface area contributed by atoms with E-state index in [1.54, 1.807) is 0 Å². The van der Waals surface area contributed by atoms with Crippen molar-refractivity contribution in [3.8, 4) is 0 Å². The number of halogens is 1. The van der Waals surface area contributed by atoms with Gasteiger partial charge in [-0.05, 0) is 52.1 Å². The van der Waals surface area contributed by atoms with Gasteiger partial charge in [-0.1, -0.05) is 26.8 Å². The van der Waals surface area contributed by atoms with Gasteiger partial charge in [0, 0.05) is 12.8 Å². The van der Waals surface area contributed by atoms with Crippen molar-refractivity contribution in [2.45, 2.75) is 45.3 Å². The van der Waals surface area contributed by atoms with Crippen LogP contribution in [0.4, 0.5) is 0 Å². The Labute approximate surface area is 114 Å². The van der Waals surface area contributed by atoms with Gasteiger partial charge in [-0.3, -0.25) is 0 Å². The molecule has 0 radical (unpaired) electrons. The second kappa shape index (κ2) is 5.63. The minimum Gasteiger partial charge on any atom is -0.416 e. The molecule has 1 heterocycles. The maximum Gasteiger partial charge on any atom is 0.191 e. The molecule has 0 spiro atoms. The third kappa shape index (κ3) is 4.52. The smallest absolute Gasteiger partial charge is 0.191 e. The minimum atomic E-state index is -1.60. The van der Waals surface area contributed by atoms with E-state index >= 15 is 0 Å². The summed E-state index contributed by atoms with van der Waals surface area (Å²) in [6, 6.07) is 4.06. The summed E-state index contributed by atoms with van der Waals surface area (Å²) < 4.78 is 7.01. The van der Waals surface area contributed by atoms with E-state index in [-0.39, 0.29) is 5.04 Å². The van der Waals surface area contributed by atoms with Crippen molar-refractivity contribution >= 4 is 24.2 Å². The van der Waals surface area contributed by atoms with Crippen LogP contribution in [0.25, 0.3) is 0 Å². The monoisotopic (exact) mass is 315 g/mol. The van der Waals surface area contributed by atoms with Crippen molar-refractivity contribution in [2.24, 2.45) is 0 Å². The summed E-state index contributed by atoms with van der Waals surface area (Å²) in [6.07, 6.45) is 2.84. The van der Waals surface area contributed by atoms with Gasteiger partial charge < -0.3 is 4.43 Å². The number of pyridine rings is 1. The fraction of sp³-hybridized carbons (Fsp3) is 0.615. The summed E-state index contributed by atoms with van der Waals surface area (Å²) in [4.78, 5) is 4.22. The number of nitrogens with zero attached hydrogens (tertiary/aromatic N) is 1. The second-order valence-corrected chi connectivity index (χ2v) is 11.5. The van der Waals surface area contributed by atoms with E-state index in [2.05, 4.69) is 60.8 Å². The van der Waals surface area contributed by atoms with Crippen molar-refractivity contribution < 1.29 is 4.43 Å². The lowest BCUT2D eigenvalue weighted by atomic mass is 10.2. The molecule has 1 rings (SSSR count). The van der Waals surface area contributed by atoms with Crippen molar-refractivity contribution in [2.75, 3.05) is 6.61 Å². The van der Waals surface area contributed by atoms with Gasteiger partial charge in [0.15, 0.2) is 8.32 Å². The molecule has 0 unspecified atom stereocenters. The highest BCUT2D eigenvalue weighted by Gasteiger charge is 2.36. The number of rotatable bonds is 4. The Morgan fingerprint density at radius 3 is 2.41 bits per heavy atom. The first-order valence-corrected chi connectivity index (χ1v) is 9.67. The summed E-state index contributed by atoms with van der Waals surface area (Å²) in [5, 5.41) is 0.283. The van der Waals surface area contributed by atoms with Crippen LogP contribution in [0.15, 0.2) is 22.9 Å². The van der Waals surface area contributed by atoms with Crippen LogP contribution in [-0.2, 0) is 10.8 Å². The summed E-state index contributed by atoms with van der Waals surface area (Å²) in [5.74, 6) is 0. The first-order valence-electron chi connectivity index (χ1n) is 5.97. The molecule has 0 saturated carbocycles. The Morgan fingerprint density at radius 2 is 1.94 bits per heavy atom. The predicted molar refractivity (Wildman–Crippen MR) is 78.8 cm³/mol. The van der Waals surface area contributed by atoms with E-state index in [0.29, 0.717) is 0 Å². The van der Waals surface area contributed by atoms with E-state index in [9.17, 15) is 0 Å². The van der Waals surface area contributed by atoms with Crippen molar-refractivity contribution in [1.29, 1.82) is 0 Å². The third-order valence-corrected chi connectivity index (χ3v) is 8.46. The first kappa shape index (κ1) is 14.9. The molecule has 17 heavy (non-hydrogen) atoms. The lowest BCUT2D eigenvalue weighted by Crippen LogP contribution is -2.41. The van der Waals surface area contributed by atoms with Crippen molar-refractivity contribution in [3.05, 3.63) is 28.5 Å². The Bertz CT molecular complexity index is 357. The SMILES string of the molecule is CC(C)(C)[Si](C)(C)OCCc1ccc(Br)nc1. The molecule has 0 atom stereocenters. The Balaban J connectivity index is 2.45. The van der Waals surface area contributed by atoms with Crippen LogP contribution in [0.3, 0.4) is 0 Å². The van der Waals surface area contributed by atoms with E-state index in [1.807, 2.05) is 12.3 Å². The predicted octanol–water partition coefficient (Wildman–Crippen LogP) is 4.41. The van der Waals surface area contributed by atoms with E-state index < -0.39 is 8.32 Å². The molecule has 0 fully saturated rings. The molecular weight excluding hydrogens is 294 g/mol. The molecule has 0 aliphatic heterocycles.